The Labute approximate surface area is 201 Å². The van der Waals surface area contributed by atoms with Crippen molar-refractivity contribution >= 4 is 16.0 Å². The highest BCUT2D eigenvalue weighted by atomic mass is 32.2. The van der Waals surface area contributed by atoms with Gasteiger partial charge in [0.2, 0.25) is 11.8 Å². The fourth-order valence-electron chi connectivity index (χ4n) is 3.38. The molecule has 2 atom stereocenters. The molecule has 0 aliphatic heterocycles. The van der Waals surface area contributed by atoms with E-state index in [1.807, 2.05) is 0 Å². The third kappa shape index (κ3) is 5.70. The Morgan fingerprint density at radius 1 is 1.00 bits per heavy atom. The van der Waals surface area contributed by atoms with Crippen LogP contribution in [0, 0.1) is 17.6 Å². The largest absolute Gasteiger partial charge is 0.533 e. The number of benzene rings is 2. The van der Waals surface area contributed by atoms with Gasteiger partial charge in [-0.15, -0.1) is 4.73 Å². The standard InChI is InChI=1S/C22H18F5NO7S/c1-12(11-34-21(31)35-28-18(29)8-9-19(28)30)20(16-10-14(23)4-7-17(16)24)36(32,33)15-5-2-13(3-6-15)22(25,26)27/h2-10,12,20,29-30H,11H2,1H3. The van der Waals surface area contributed by atoms with Gasteiger partial charge in [0.15, 0.2) is 9.84 Å². The summed E-state index contributed by atoms with van der Waals surface area (Å²) in [6, 6.07) is 6.45. The number of hydrogen-bond donors (Lipinski definition) is 2. The predicted molar refractivity (Wildman–Crippen MR) is 113 cm³/mol. The van der Waals surface area contributed by atoms with Crippen molar-refractivity contribution < 1.29 is 55.0 Å². The number of sulfone groups is 1. The highest BCUT2D eigenvalue weighted by Gasteiger charge is 2.38. The van der Waals surface area contributed by atoms with Gasteiger partial charge in [-0.05, 0) is 42.5 Å². The SMILES string of the molecule is CC(COC(=O)On1c(O)ccc1O)C(c1cc(F)ccc1F)S(=O)(=O)c1ccc(C(F)(F)F)cc1. The van der Waals surface area contributed by atoms with Crippen molar-refractivity contribution in [1.82, 2.24) is 4.73 Å². The van der Waals surface area contributed by atoms with Crippen LogP contribution in [0.1, 0.15) is 23.3 Å². The Morgan fingerprint density at radius 3 is 2.14 bits per heavy atom. The first-order valence-corrected chi connectivity index (χ1v) is 11.6. The van der Waals surface area contributed by atoms with Gasteiger partial charge in [-0.2, -0.15) is 13.2 Å². The van der Waals surface area contributed by atoms with Crippen LogP contribution < -0.4 is 4.84 Å². The molecule has 2 N–H and O–H groups in total. The molecule has 0 saturated carbocycles. The van der Waals surface area contributed by atoms with Gasteiger partial charge in [0.1, 0.15) is 11.6 Å². The van der Waals surface area contributed by atoms with Crippen molar-refractivity contribution in [2.45, 2.75) is 23.2 Å². The molecule has 0 aliphatic carbocycles. The molecule has 0 amide bonds. The molecule has 0 radical (unpaired) electrons. The number of alkyl halides is 3. The van der Waals surface area contributed by atoms with E-state index >= 15 is 0 Å². The van der Waals surface area contributed by atoms with Crippen LogP contribution in [0.5, 0.6) is 11.8 Å². The molecule has 0 saturated heterocycles. The molecule has 0 spiro atoms. The third-order valence-electron chi connectivity index (χ3n) is 5.05. The summed E-state index contributed by atoms with van der Waals surface area (Å²) in [6.45, 7) is 0.469. The maximum Gasteiger partial charge on any atom is 0.533 e. The minimum atomic E-state index is -4.74. The minimum Gasteiger partial charge on any atom is -0.492 e. The van der Waals surface area contributed by atoms with Crippen LogP contribution in [0.3, 0.4) is 0 Å². The van der Waals surface area contributed by atoms with Crippen LogP contribution in [0.4, 0.5) is 26.7 Å². The molecule has 3 aromatic rings. The number of nitrogens with zero attached hydrogens (tertiary/aromatic N) is 1. The van der Waals surface area contributed by atoms with E-state index in [1.165, 1.54) is 6.92 Å². The lowest BCUT2D eigenvalue weighted by atomic mass is 10.0. The van der Waals surface area contributed by atoms with E-state index in [2.05, 4.69) is 4.84 Å². The summed E-state index contributed by atoms with van der Waals surface area (Å²) in [5.74, 6) is -4.71. The number of aromatic nitrogens is 1. The Bertz CT molecular complexity index is 1330. The van der Waals surface area contributed by atoms with Crippen LogP contribution in [-0.2, 0) is 20.8 Å². The van der Waals surface area contributed by atoms with E-state index in [-0.39, 0.29) is 0 Å². The number of rotatable bonds is 7. The second kappa shape index (κ2) is 10.0. The Morgan fingerprint density at radius 2 is 1.58 bits per heavy atom. The van der Waals surface area contributed by atoms with Gasteiger partial charge < -0.3 is 14.9 Å². The van der Waals surface area contributed by atoms with Gasteiger partial charge in [-0.1, -0.05) is 6.92 Å². The van der Waals surface area contributed by atoms with E-state index in [4.69, 9.17) is 4.74 Å². The van der Waals surface area contributed by atoms with E-state index < -0.39 is 79.4 Å². The van der Waals surface area contributed by atoms with Crippen LogP contribution >= 0.6 is 0 Å². The summed E-state index contributed by atoms with van der Waals surface area (Å²) < 4.78 is 99.1. The average molecular weight is 535 g/mol. The molecule has 2 unspecified atom stereocenters. The molecule has 0 aliphatic rings. The second-order valence-corrected chi connectivity index (χ2v) is 9.70. The van der Waals surface area contributed by atoms with E-state index in [9.17, 15) is 45.4 Å². The first kappa shape index (κ1) is 26.8. The van der Waals surface area contributed by atoms with Crippen LogP contribution in [-0.4, -0.2) is 36.1 Å². The van der Waals surface area contributed by atoms with Crippen LogP contribution in [0.15, 0.2) is 59.5 Å². The summed E-state index contributed by atoms with van der Waals surface area (Å²) >= 11 is 0. The Balaban J connectivity index is 1.92. The van der Waals surface area contributed by atoms with Crippen LogP contribution in [0.2, 0.25) is 0 Å². The fraction of sp³-hybridized carbons (Fsp3) is 0.227. The van der Waals surface area contributed by atoms with Gasteiger partial charge in [-0.25, -0.2) is 22.0 Å². The van der Waals surface area contributed by atoms with Crippen molar-refractivity contribution in [3.05, 3.63) is 77.4 Å². The second-order valence-electron chi connectivity index (χ2n) is 7.63. The Hall–Kier alpha value is -3.81. The molecular weight excluding hydrogens is 517 g/mol. The van der Waals surface area contributed by atoms with Gasteiger partial charge in [-0.3, -0.25) is 4.84 Å². The highest BCUT2D eigenvalue weighted by Crippen LogP contribution is 2.38. The van der Waals surface area contributed by atoms with Crippen molar-refractivity contribution in [3.63, 3.8) is 0 Å². The fourth-order valence-corrected chi connectivity index (χ4v) is 5.39. The van der Waals surface area contributed by atoms with E-state index in [0.717, 1.165) is 18.2 Å². The van der Waals surface area contributed by atoms with Gasteiger partial charge >= 0.3 is 12.3 Å². The smallest absolute Gasteiger partial charge is 0.492 e. The molecule has 8 nitrogen and oxygen atoms in total. The number of ether oxygens (including phenoxy) is 1. The molecule has 194 valence electrons. The quantitative estimate of drug-likeness (QED) is 0.335. The molecule has 3 rings (SSSR count). The van der Waals surface area contributed by atoms with Gasteiger partial charge in [0.05, 0.1) is 22.3 Å². The molecule has 14 heteroatoms. The summed E-state index contributed by atoms with van der Waals surface area (Å²) in [5.41, 5.74) is -1.76. The van der Waals surface area contributed by atoms with Crippen molar-refractivity contribution in [1.29, 1.82) is 0 Å². The number of carbonyl (C=O) groups excluding carboxylic acids is 1. The van der Waals surface area contributed by atoms with E-state index in [0.29, 0.717) is 41.1 Å². The number of aromatic hydroxyl groups is 2. The zero-order chi connectivity index (χ0) is 26.8. The third-order valence-corrected chi connectivity index (χ3v) is 7.37. The summed E-state index contributed by atoms with van der Waals surface area (Å²) in [5, 5.41) is 17.1. The van der Waals surface area contributed by atoms with E-state index in [1.54, 1.807) is 0 Å². The van der Waals surface area contributed by atoms with Gasteiger partial charge in [0, 0.05) is 23.6 Å². The maximum absolute atomic E-state index is 14.6. The number of carbonyl (C=O) groups is 1. The summed E-state index contributed by atoms with van der Waals surface area (Å²) in [4.78, 5) is 15.9. The highest BCUT2D eigenvalue weighted by molar-refractivity contribution is 7.91. The van der Waals surface area contributed by atoms with Gasteiger partial charge in [0.25, 0.3) is 0 Å². The first-order valence-electron chi connectivity index (χ1n) is 10.0. The lowest BCUT2D eigenvalue weighted by Gasteiger charge is -2.25. The molecule has 2 aromatic carbocycles. The normalized spacial score (nSPS) is 13.7. The molecule has 0 fully saturated rings. The molecule has 0 bridgehead atoms. The summed E-state index contributed by atoms with van der Waals surface area (Å²) in [6.07, 6.45) is -6.23. The summed E-state index contributed by atoms with van der Waals surface area (Å²) in [7, 11) is -4.66. The number of halogens is 5. The minimum absolute atomic E-state index is 0.301. The molecular formula is C22H18F5NO7S. The monoisotopic (exact) mass is 535 g/mol. The van der Waals surface area contributed by atoms with Crippen molar-refractivity contribution in [2.75, 3.05) is 6.61 Å². The molecule has 1 aromatic heterocycles. The van der Waals surface area contributed by atoms with Crippen molar-refractivity contribution in [3.8, 4) is 11.8 Å². The predicted octanol–water partition coefficient (Wildman–Crippen LogP) is 4.61. The zero-order valence-corrected chi connectivity index (χ0v) is 19.1. The number of hydrogen-bond acceptors (Lipinski definition) is 7. The van der Waals surface area contributed by atoms with Crippen molar-refractivity contribution in [2.24, 2.45) is 5.92 Å². The Kier molecular flexibility index (Phi) is 7.48. The first-order chi connectivity index (χ1) is 16.7. The zero-order valence-electron chi connectivity index (χ0n) is 18.2. The lowest BCUT2D eigenvalue weighted by Crippen LogP contribution is -2.28. The molecule has 36 heavy (non-hydrogen) atoms. The maximum atomic E-state index is 14.6. The lowest BCUT2D eigenvalue weighted by molar-refractivity contribution is -0.137. The topological polar surface area (TPSA) is 115 Å². The average Bonchev–Trinajstić information content (AvgIpc) is 3.11. The van der Waals surface area contributed by atoms with Crippen LogP contribution in [0.25, 0.3) is 0 Å². The molecule has 1 heterocycles.